The molecule has 37 heavy (non-hydrogen) atoms. The van der Waals surface area contributed by atoms with E-state index in [0.29, 0.717) is 31.6 Å². The van der Waals surface area contributed by atoms with Crippen LogP contribution in [0.15, 0.2) is 79.0 Å². The molecule has 0 unspecified atom stereocenters. The molecule has 0 saturated heterocycles. The molecule has 192 valence electrons. The number of nitrogens with one attached hydrogen (secondary N) is 1. The molecule has 3 aromatic carbocycles. The molecule has 4 aromatic rings. The van der Waals surface area contributed by atoms with Gasteiger partial charge < -0.3 is 14.8 Å². The van der Waals surface area contributed by atoms with Crippen LogP contribution in [0.1, 0.15) is 46.8 Å². The van der Waals surface area contributed by atoms with E-state index in [4.69, 9.17) is 0 Å². The summed E-state index contributed by atoms with van der Waals surface area (Å²) in [4.78, 5) is 33.7. The number of benzene rings is 3. The van der Waals surface area contributed by atoms with Gasteiger partial charge in [-0.3, -0.25) is 9.59 Å². The third-order valence-electron chi connectivity index (χ3n) is 6.66. The standard InChI is InChI=1S/C31H34FN3O2/c1-3-4-18-35(31(37)25-13-9-23(2)10-14-25)22-30(36)34(21-24-11-15-27(32)16-12-24)19-17-26-20-33-29-8-6-5-7-28(26)29/h5-16,20,33H,3-4,17-19,21-22H2,1-2H3. The van der Waals surface area contributed by atoms with E-state index >= 15 is 0 Å². The lowest BCUT2D eigenvalue weighted by Crippen LogP contribution is -2.43. The van der Waals surface area contributed by atoms with Crippen LogP contribution < -0.4 is 0 Å². The Balaban J connectivity index is 1.53. The molecule has 1 aromatic heterocycles. The Hall–Kier alpha value is -3.93. The highest BCUT2D eigenvalue weighted by Gasteiger charge is 2.23. The van der Waals surface area contributed by atoms with Crippen molar-refractivity contribution in [3.8, 4) is 0 Å². The quantitative estimate of drug-likeness (QED) is 0.270. The molecule has 0 aliphatic rings. The summed E-state index contributed by atoms with van der Waals surface area (Å²) in [6, 6.07) is 21.8. The summed E-state index contributed by atoms with van der Waals surface area (Å²) in [7, 11) is 0. The minimum atomic E-state index is -0.310. The molecular formula is C31H34FN3O2. The smallest absolute Gasteiger partial charge is 0.254 e. The highest BCUT2D eigenvalue weighted by molar-refractivity contribution is 5.96. The second kappa shape index (κ2) is 12.3. The number of hydrogen-bond acceptors (Lipinski definition) is 2. The number of fused-ring (bicyclic) bond motifs is 1. The Morgan fingerprint density at radius 2 is 1.62 bits per heavy atom. The fourth-order valence-electron chi connectivity index (χ4n) is 4.44. The normalized spacial score (nSPS) is 11.0. The van der Waals surface area contributed by atoms with Crippen LogP contribution in [0.3, 0.4) is 0 Å². The summed E-state index contributed by atoms with van der Waals surface area (Å²) in [6.07, 6.45) is 4.39. The summed E-state index contributed by atoms with van der Waals surface area (Å²) >= 11 is 0. The van der Waals surface area contributed by atoms with Crippen molar-refractivity contribution in [1.82, 2.24) is 14.8 Å². The number of rotatable bonds is 11. The summed E-state index contributed by atoms with van der Waals surface area (Å²) < 4.78 is 13.5. The maximum Gasteiger partial charge on any atom is 0.254 e. The molecular weight excluding hydrogens is 465 g/mol. The molecule has 1 heterocycles. The molecule has 0 fully saturated rings. The largest absolute Gasteiger partial charge is 0.361 e. The van der Waals surface area contributed by atoms with Crippen molar-refractivity contribution in [3.05, 3.63) is 107 Å². The van der Waals surface area contributed by atoms with Crippen LogP contribution in [0.25, 0.3) is 10.9 Å². The number of para-hydroxylation sites is 1. The van der Waals surface area contributed by atoms with Crippen LogP contribution in [0.4, 0.5) is 4.39 Å². The number of unbranched alkanes of at least 4 members (excludes halogenated alkanes) is 1. The number of amides is 2. The minimum Gasteiger partial charge on any atom is -0.361 e. The molecule has 5 nitrogen and oxygen atoms in total. The van der Waals surface area contributed by atoms with Gasteiger partial charge in [0.2, 0.25) is 5.91 Å². The summed E-state index contributed by atoms with van der Waals surface area (Å²) in [5.41, 5.74) is 4.70. The first-order valence-corrected chi connectivity index (χ1v) is 12.9. The van der Waals surface area contributed by atoms with Crippen molar-refractivity contribution in [2.24, 2.45) is 0 Å². The van der Waals surface area contributed by atoms with Crippen molar-refractivity contribution in [2.75, 3.05) is 19.6 Å². The molecule has 1 N–H and O–H groups in total. The van der Waals surface area contributed by atoms with Gasteiger partial charge in [-0.2, -0.15) is 0 Å². The van der Waals surface area contributed by atoms with E-state index in [0.717, 1.165) is 40.4 Å². The summed E-state index contributed by atoms with van der Waals surface area (Å²) in [5.74, 6) is -0.573. The van der Waals surface area contributed by atoms with E-state index in [-0.39, 0.29) is 24.2 Å². The molecule has 0 radical (unpaired) electrons. The Morgan fingerprint density at radius 1 is 0.892 bits per heavy atom. The number of H-pyrrole nitrogens is 1. The van der Waals surface area contributed by atoms with Gasteiger partial charge >= 0.3 is 0 Å². The van der Waals surface area contributed by atoms with E-state index in [1.54, 1.807) is 21.9 Å². The van der Waals surface area contributed by atoms with E-state index < -0.39 is 0 Å². The van der Waals surface area contributed by atoms with Crippen molar-refractivity contribution in [2.45, 2.75) is 39.7 Å². The zero-order chi connectivity index (χ0) is 26.2. The highest BCUT2D eigenvalue weighted by atomic mass is 19.1. The number of aromatic amines is 1. The Morgan fingerprint density at radius 3 is 2.35 bits per heavy atom. The second-order valence-electron chi connectivity index (χ2n) is 9.50. The van der Waals surface area contributed by atoms with Gasteiger partial charge in [0, 0.05) is 42.3 Å². The monoisotopic (exact) mass is 499 g/mol. The summed E-state index contributed by atoms with van der Waals surface area (Å²) in [6.45, 7) is 5.40. The van der Waals surface area contributed by atoms with Gasteiger partial charge in [0.05, 0.1) is 0 Å². The van der Waals surface area contributed by atoms with E-state index in [2.05, 4.69) is 18.0 Å². The van der Waals surface area contributed by atoms with Crippen molar-refractivity contribution in [1.29, 1.82) is 0 Å². The van der Waals surface area contributed by atoms with Crippen LogP contribution in [-0.2, 0) is 17.8 Å². The minimum absolute atomic E-state index is 0.00177. The fraction of sp³-hybridized carbons (Fsp3) is 0.290. The molecule has 2 amide bonds. The van der Waals surface area contributed by atoms with Gasteiger partial charge in [-0.15, -0.1) is 0 Å². The maximum absolute atomic E-state index is 13.7. The Bertz CT molecular complexity index is 1330. The number of carbonyl (C=O) groups excluding carboxylic acids is 2. The number of halogens is 1. The molecule has 6 heteroatoms. The van der Waals surface area contributed by atoms with Gasteiger partial charge in [-0.05, 0) is 61.2 Å². The lowest BCUT2D eigenvalue weighted by molar-refractivity contribution is -0.132. The van der Waals surface area contributed by atoms with Crippen molar-refractivity contribution < 1.29 is 14.0 Å². The van der Waals surface area contributed by atoms with Crippen molar-refractivity contribution in [3.63, 3.8) is 0 Å². The Kier molecular flexibility index (Phi) is 8.72. The van der Waals surface area contributed by atoms with Gasteiger partial charge in [0.15, 0.2) is 0 Å². The SMILES string of the molecule is CCCCN(CC(=O)N(CCc1c[nH]c2ccccc12)Cc1ccc(F)cc1)C(=O)c1ccc(C)cc1. The average molecular weight is 500 g/mol. The van der Waals surface area contributed by atoms with E-state index in [9.17, 15) is 14.0 Å². The molecule has 0 saturated carbocycles. The zero-order valence-electron chi connectivity index (χ0n) is 21.5. The van der Waals surface area contributed by atoms with Crippen molar-refractivity contribution >= 4 is 22.7 Å². The molecule has 4 rings (SSSR count). The lowest BCUT2D eigenvalue weighted by Gasteiger charge is -2.28. The third kappa shape index (κ3) is 6.85. The van der Waals surface area contributed by atoms with Gasteiger partial charge in [-0.25, -0.2) is 4.39 Å². The molecule has 0 aliphatic carbocycles. The predicted octanol–water partition coefficient (Wildman–Crippen LogP) is 6.13. The molecule has 0 atom stereocenters. The summed E-state index contributed by atoms with van der Waals surface area (Å²) in [5, 5.41) is 1.14. The van der Waals surface area contributed by atoms with E-state index in [1.807, 2.05) is 55.6 Å². The average Bonchev–Trinajstić information content (AvgIpc) is 3.33. The number of hydrogen-bond donors (Lipinski definition) is 1. The molecule has 0 aliphatic heterocycles. The van der Waals surface area contributed by atoms with Crippen LogP contribution >= 0.6 is 0 Å². The van der Waals surface area contributed by atoms with Gasteiger partial charge in [0.25, 0.3) is 5.91 Å². The predicted molar refractivity (Wildman–Crippen MR) is 146 cm³/mol. The van der Waals surface area contributed by atoms with Crippen LogP contribution in [0.2, 0.25) is 0 Å². The number of aryl methyl sites for hydroxylation is 1. The zero-order valence-corrected chi connectivity index (χ0v) is 21.5. The first-order valence-electron chi connectivity index (χ1n) is 12.9. The van der Waals surface area contributed by atoms with Crippen LogP contribution in [-0.4, -0.2) is 46.2 Å². The maximum atomic E-state index is 13.7. The van der Waals surface area contributed by atoms with Crippen LogP contribution in [0, 0.1) is 12.7 Å². The van der Waals surface area contributed by atoms with Gasteiger partial charge in [-0.1, -0.05) is 61.4 Å². The number of nitrogens with zero attached hydrogens (tertiary/aromatic N) is 2. The number of aromatic nitrogens is 1. The first kappa shape index (κ1) is 26.1. The fourth-order valence-corrected chi connectivity index (χ4v) is 4.44. The first-order chi connectivity index (χ1) is 17.9. The lowest BCUT2D eigenvalue weighted by atomic mass is 10.1. The topological polar surface area (TPSA) is 56.4 Å². The Labute approximate surface area is 217 Å². The third-order valence-corrected chi connectivity index (χ3v) is 6.66. The molecule has 0 spiro atoms. The highest BCUT2D eigenvalue weighted by Crippen LogP contribution is 2.19. The van der Waals surface area contributed by atoms with E-state index in [1.165, 1.54) is 12.1 Å². The number of carbonyl (C=O) groups is 2. The molecule has 0 bridgehead atoms. The van der Waals surface area contributed by atoms with Gasteiger partial charge in [0.1, 0.15) is 12.4 Å². The second-order valence-corrected chi connectivity index (χ2v) is 9.50. The van der Waals surface area contributed by atoms with Crippen LogP contribution in [0.5, 0.6) is 0 Å².